The van der Waals surface area contributed by atoms with Gasteiger partial charge in [0, 0.05) is 31.7 Å². The summed E-state index contributed by atoms with van der Waals surface area (Å²) in [5.74, 6) is 0.548. The van der Waals surface area contributed by atoms with Crippen LogP contribution in [0.15, 0.2) is 18.2 Å². The summed E-state index contributed by atoms with van der Waals surface area (Å²) in [7, 11) is 0. The van der Waals surface area contributed by atoms with Gasteiger partial charge in [0.15, 0.2) is 0 Å². The topological polar surface area (TPSA) is 15.3 Å². The standard InChI is InChI=1S/C17H24ClFN2/c1-2-3-14-9-20-17(13-5-6-13)11-21(14)10-12-4-7-15(18)16(19)8-12/h4,7-8,13-14,17,20H,2-3,5-6,9-11H2,1H3. The predicted octanol–water partition coefficient (Wildman–Crippen LogP) is 3.83. The summed E-state index contributed by atoms with van der Waals surface area (Å²) in [4.78, 5) is 2.53. The minimum atomic E-state index is -0.310. The van der Waals surface area contributed by atoms with Crippen LogP contribution in [-0.4, -0.2) is 30.1 Å². The molecule has 21 heavy (non-hydrogen) atoms. The second kappa shape index (κ2) is 6.64. The molecule has 0 aromatic heterocycles. The van der Waals surface area contributed by atoms with Crippen LogP contribution in [0.4, 0.5) is 4.39 Å². The minimum absolute atomic E-state index is 0.208. The molecule has 1 aromatic carbocycles. The SMILES string of the molecule is CCCC1CNC(C2CC2)CN1Cc1ccc(Cl)c(F)c1. The third kappa shape index (κ3) is 3.77. The van der Waals surface area contributed by atoms with E-state index in [9.17, 15) is 4.39 Å². The van der Waals surface area contributed by atoms with Crippen molar-refractivity contribution in [3.05, 3.63) is 34.6 Å². The Morgan fingerprint density at radius 1 is 1.38 bits per heavy atom. The molecule has 1 N–H and O–H groups in total. The highest BCUT2D eigenvalue weighted by Gasteiger charge is 2.36. The molecule has 1 heterocycles. The molecular formula is C17H24ClFN2. The van der Waals surface area contributed by atoms with Gasteiger partial charge in [0.2, 0.25) is 0 Å². The van der Waals surface area contributed by atoms with Gasteiger partial charge < -0.3 is 5.32 Å². The van der Waals surface area contributed by atoms with Crippen molar-refractivity contribution in [2.45, 2.75) is 51.2 Å². The summed E-state index contributed by atoms with van der Waals surface area (Å²) in [6.45, 7) is 5.20. The summed E-state index contributed by atoms with van der Waals surface area (Å²) >= 11 is 5.78. The zero-order valence-electron chi connectivity index (χ0n) is 12.6. The van der Waals surface area contributed by atoms with Gasteiger partial charge in [-0.2, -0.15) is 0 Å². The summed E-state index contributed by atoms with van der Waals surface area (Å²) in [6, 6.07) is 6.38. The van der Waals surface area contributed by atoms with Gasteiger partial charge in [-0.25, -0.2) is 4.39 Å². The first-order valence-corrected chi connectivity index (χ1v) is 8.46. The molecular weight excluding hydrogens is 287 g/mol. The first-order chi connectivity index (χ1) is 10.2. The lowest BCUT2D eigenvalue weighted by molar-refractivity contribution is 0.108. The number of hydrogen-bond donors (Lipinski definition) is 1. The highest BCUT2D eigenvalue weighted by Crippen LogP contribution is 2.35. The fraction of sp³-hybridized carbons (Fsp3) is 0.647. The second-order valence-corrected chi connectivity index (χ2v) is 6.88. The second-order valence-electron chi connectivity index (χ2n) is 6.47. The summed E-state index contributed by atoms with van der Waals surface area (Å²) < 4.78 is 13.6. The van der Waals surface area contributed by atoms with Crippen LogP contribution in [-0.2, 0) is 6.54 Å². The maximum atomic E-state index is 13.6. The highest BCUT2D eigenvalue weighted by molar-refractivity contribution is 6.30. The largest absolute Gasteiger partial charge is 0.311 e. The van der Waals surface area contributed by atoms with Crippen LogP contribution >= 0.6 is 11.6 Å². The van der Waals surface area contributed by atoms with E-state index in [1.165, 1.54) is 25.7 Å². The van der Waals surface area contributed by atoms with Crippen molar-refractivity contribution in [1.82, 2.24) is 10.2 Å². The van der Waals surface area contributed by atoms with Gasteiger partial charge in [0.1, 0.15) is 5.82 Å². The monoisotopic (exact) mass is 310 g/mol. The molecule has 2 unspecified atom stereocenters. The van der Waals surface area contributed by atoms with E-state index >= 15 is 0 Å². The Balaban J connectivity index is 1.69. The molecule has 0 spiro atoms. The first kappa shape index (κ1) is 15.3. The molecule has 2 aliphatic rings. The summed E-state index contributed by atoms with van der Waals surface area (Å²) in [5, 5.41) is 3.92. The average Bonchev–Trinajstić information content (AvgIpc) is 3.30. The van der Waals surface area contributed by atoms with Crippen LogP contribution in [0, 0.1) is 11.7 Å². The van der Waals surface area contributed by atoms with E-state index in [2.05, 4.69) is 17.1 Å². The van der Waals surface area contributed by atoms with Gasteiger partial charge in [0.05, 0.1) is 5.02 Å². The lowest BCUT2D eigenvalue weighted by Gasteiger charge is -2.41. The van der Waals surface area contributed by atoms with Crippen molar-refractivity contribution in [3.8, 4) is 0 Å². The van der Waals surface area contributed by atoms with E-state index in [0.717, 1.165) is 31.1 Å². The third-order valence-electron chi connectivity index (χ3n) is 4.75. The number of hydrogen-bond acceptors (Lipinski definition) is 2. The van der Waals surface area contributed by atoms with E-state index < -0.39 is 0 Å². The van der Waals surface area contributed by atoms with E-state index in [4.69, 9.17) is 11.6 Å². The zero-order valence-corrected chi connectivity index (χ0v) is 13.4. The highest BCUT2D eigenvalue weighted by atomic mass is 35.5. The Morgan fingerprint density at radius 2 is 2.19 bits per heavy atom. The maximum absolute atomic E-state index is 13.6. The van der Waals surface area contributed by atoms with Gasteiger partial charge >= 0.3 is 0 Å². The van der Waals surface area contributed by atoms with Crippen molar-refractivity contribution in [1.29, 1.82) is 0 Å². The molecule has 3 rings (SSSR count). The summed E-state index contributed by atoms with van der Waals surface area (Å²) in [5.41, 5.74) is 1.02. The molecule has 1 aromatic rings. The zero-order chi connectivity index (χ0) is 14.8. The molecule has 2 nitrogen and oxygen atoms in total. The smallest absolute Gasteiger partial charge is 0.142 e. The van der Waals surface area contributed by atoms with Gasteiger partial charge in [0.25, 0.3) is 0 Å². The van der Waals surface area contributed by atoms with Crippen LogP contribution in [0.2, 0.25) is 5.02 Å². The van der Waals surface area contributed by atoms with E-state index in [-0.39, 0.29) is 10.8 Å². The van der Waals surface area contributed by atoms with Gasteiger partial charge in [-0.3, -0.25) is 4.90 Å². The van der Waals surface area contributed by atoms with Crippen LogP contribution in [0.25, 0.3) is 0 Å². The van der Waals surface area contributed by atoms with Gasteiger partial charge in [-0.1, -0.05) is 31.0 Å². The number of benzene rings is 1. The minimum Gasteiger partial charge on any atom is -0.311 e. The predicted molar refractivity (Wildman–Crippen MR) is 85.0 cm³/mol. The first-order valence-electron chi connectivity index (χ1n) is 8.08. The number of nitrogens with zero attached hydrogens (tertiary/aromatic N) is 1. The third-order valence-corrected chi connectivity index (χ3v) is 5.05. The van der Waals surface area contributed by atoms with Crippen LogP contribution in [0.3, 0.4) is 0 Å². The number of halogens is 2. The lowest BCUT2D eigenvalue weighted by atomic mass is 10.0. The van der Waals surface area contributed by atoms with Crippen molar-refractivity contribution in [2.75, 3.05) is 13.1 Å². The molecule has 1 saturated heterocycles. The van der Waals surface area contributed by atoms with Crippen LogP contribution in [0.5, 0.6) is 0 Å². The molecule has 1 saturated carbocycles. The molecule has 4 heteroatoms. The van der Waals surface area contributed by atoms with Gasteiger partial charge in [-0.15, -0.1) is 0 Å². The van der Waals surface area contributed by atoms with Crippen LogP contribution < -0.4 is 5.32 Å². The molecule has 0 bridgehead atoms. The van der Waals surface area contributed by atoms with Crippen molar-refractivity contribution in [2.24, 2.45) is 5.92 Å². The Labute approximate surface area is 131 Å². The maximum Gasteiger partial charge on any atom is 0.142 e. The molecule has 1 aliphatic carbocycles. The lowest BCUT2D eigenvalue weighted by Crippen LogP contribution is -2.56. The Kier molecular flexibility index (Phi) is 4.82. The number of nitrogens with one attached hydrogen (secondary N) is 1. The molecule has 0 radical (unpaired) electrons. The van der Waals surface area contributed by atoms with Crippen molar-refractivity contribution < 1.29 is 4.39 Å². The van der Waals surface area contributed by atoms with E-state index in [0.29, 0.717) is 12.1 Å². The normalized spacial score (nSPS) is 27.0. The van der Waals surface area contributed by atoms with Gasteiger partial charge in [-0.05, 0) is 42.9 Å². The molecule has 0 amide bonds. The fourth-order valence-corrected chi connectivity index (χ4v) is 3.50. The van der Waals surface area contributed by atoms with E-state index in [1.54, 1.807) is 12.1 Å². The molecule has 116 valence electrons. The fourth-order valence-electron chi connectivity index (χ4n) is 3.38. The average molecular weight is 311 g/mol. The summed E-state index contributed by atoms with van der Waals surface area (Å²) in [6.07, 6.45) is 5.10. The molecule has 2 fully saturated rings. The van der Waals surface area contributed by atoms with Crippen LogP contribution in [0.1, 0.15) is 38.2 Å². The Morgan fingerprint density at radius 3 is 2.86 bits per heavy atom. The molecule has 1 aliphatic heterocycles. The molecule has 2 atom stereocenters. The number of piperazine rings is 1. The number of rotatable bonds is 5. The van der Waals surface area contributed by atoms with E-state index in [1.807, 2.05) is 6.07 Å². The Bertz CT molecular complexity index is 490. The van der Waals surface area contributed by atoms with Crippen molar-refractivity contribution in [3.63, 3.8) is 0 Å². The quantitative estimate of drug-likeness (QED) is 0.889. The Hall–Kier alpha value is -0.640. The van der Waals surface area contributed by atoms with Crippen molar-refractivity contribution >= 4 is 11.6 Å².